The van der Waals surface area contributed by atoms with Gasteiger partial charge in [-0.3, -0.25) is 4.79 Å². The molecular formula is C10H23N3O. The van der Waals surface area contributed by atoms with Crippen molar-refractivity contribution in [2.75, 3.05) is 27.2 Å². The lowest BCUT2D eigenvalue weighted by atomic mass is 9.86. The lowest BCUT2D eigenvalue weighted by Crippen LogP contribution is -2.50. The summed E-state index contributed by atoms with van der Waals surface area (Å²) in [6.07, 6.45) is 0. The first-order chi connectivity index (χ1) is 6.30. The maximum absolute atomic E-state index is 11.8. The number of nitrogens with zero attached hydrogens (tertiary/aromatic N) is 1. The number of hydrogen-bond donors (Lipinski definition) is 2. The summed E-state index contributed by atoms with van der Waals surface area (Å²) in [6.45, 7) is 7.41. The van der Waals surface area contributed by atoms with E-state index in [0.29, 0.717) is 6.54 Å². The normalized spacial score (nSPS) is 13.9. The highest BCUT2D eigenvalue weighted by Gasteiger charge is 2.29. The monoisotopic (exact) mass is 201 g/mol. The summed E-state index contributed by atoms with van der Waals surface area (Å²) in [4.78, 5) is 13.4. The predicted octanol–water partition coefficient (Wildman–Crippen LogP) is 0.0376. The molecule has 0 saturated carbocycles. The van der Waals surface area contributed by atoms with Gasteiger partial charge in [0.25, 0.3) is 0 Å². The van der Waals surface area contributed by atoms with Crippen LogP contribution >= 0.6 is 0 Å². The molecule has 0 fully saturated rings. The van der Waals surface area contributed by atoms with Crippen LogP contribution in [0.4, 0.5) is 0 Å². The molecule has 0 spiro atoms. The van der Waals surface area contributed by atoms with E-state index in [2.05, 4.69) is 5.32 Å². The van der Waals surface area contributed by atoms with Crippen molar-refractivity contribution >= 4 is 5.91 Å². The number of likely N-dealkylation sites (N-methyl/N-ethyl adjacent to an activating group) is 2. The Morgan fingerprint density at radius 1 is 1.50 bits per heavy atom. The van der Waals surface area contributed by atoms with Gasteiger partial charge in [-0.1, -0.05) is 20.8 Å². The fourth-order valence-corrected chi connectivity index (χ4v) is 0.998. The van der Waals surface area contributed by atoms with Crippen LogP contribution in [-0.2, 0) is 4.79 Å². The van der Waals surface area contributed by atoms with Crippen molar-refractivity contribution in [3.05, 3.63) is 0 Å². The van der Waals surface area contributed by atoms with Crippen molar-refractivity contribution in [3.8, 4) is 0 Å². The minimum absolute atomic E-state index is 0.00718. The number of carbonyl (C=O) groups excluding carboxylic acids is 1. The Morgan fingerprint density at radius 3 is 2.36 bits per heavy atom. The number of hydrogen-bond acceptors (Lipinski definition) is 3. The Bertz CT molecular complexity index is 186. The van der Waals surface area contributed by atoms with Gasteiger partial charge in [-0.2, -0.15) is 0 Å². The molecule has 0 unspecified atom stereocenters. The average Bonchev–Trinajstić information content (AvgIpc) is 2.10. The summed E-state index contributed by atoms with van der Waals surface area (Å²) >= 11 is 0. The first-order valence-corrected chi connectivity index (χ1v) is 4.96. The van der Waals surface area contributed by atoms with E-state index in [1.54, 1.807) is 11.9 Å². The fourth-order valence-electron chi connectivity index (χ4n) is 0.998. The molecule has 0 aliphatic rings. The molecule has 0 aromatic rings. The molecule has 0 aromatic heterocycles. The fraction of sp³-hybridized carbons (Fsp3) is 0.900. The van der Waals surface area contributed by atoms with Crippen LogP contribution < -0.4 is 11.1 Å². The first kappa shape index (κ1) is 13.4. The molecule has 4 heteroatoms. The predicted molar refractivity (Wildman–Crippen MR) is 59.0 cm³/mol. The summed E-state index contributed by atoms with van der Waals surface area (Å²) < 4.78 is 0. The van der Waals surface area contributed by atoms with Crippen molar-refractivity contribution < 1.29 is 4.79 Å². The average molecular weight is 201 g/mol. The van der Waals surface area contributed by atoms with Gasteiger partial charge < -0.3 is 16.0 Å². The number of rotatable bonds is 4. The molecule has 0 saturated heterocycles. The second kappa shape index (κ2) is 5.32. The van der Waals surface area contributed by atoms with Crippen LogP contribution in [-0.4, -0.2) is 44.0 Å². The second-order valence-corrected chi connectivity index (χ2v) is 4.71. The van der Waals surface area contributed by atoms with E-state index in [-0.39, 0.29) is 11.3 Å². The lowest BCUT2D eigenvalue weighted by molar-refractivity contribution is -0.133. The summed E-state index contributed by atoms with van der Waals surface area (Å²) in [6, 6.07) is -0.427. The van der Waals surface area contributed by atoms with Crippen LogP contribution in [0.15, 0.2) is 0 Å². The van der Waals surface area contributed by atoms with Crippen LogP contribution in [0.5, 0.6) is 0 Å². The molecular weight excluding hydrogens is 178 g/mol. The quantitative estimate of drug-likeness (QED) is 0.675. The second-order valence-electron chi connectivity index (χ2n) is 4.71. The van der Waals surface area contributed by atoms with Gasteiger partial charge in [0.05, 0.1) is 6.04 Å². The lowest BCUT2D eigenvalue weighted by Gasteiger charge is -2.29. The maximum atomic E-state index is 11.8. The van der Waals surface area contributed by atoms with Gasteiger partial charge in [-0.15, -0.1) is 0 Å². The van der Waals surface area contributed by atoms with Crippen LogP contribution in [0.1, 0.15) is 20.8 Å². The van der Waals surface area contributed by atoms with E-state index in [4.69, 9.17) is 5.73 Å². The molecule has 0 aliphatic heterocycles. The number of nitrogens with one attached hydrogen (secondary N) is 1. The Labute approximate surface area is 86.8 Å². The highest BCUT2D eigenvalue weighted by atomic mass is 16.2. The topological polar surface area (TPSA) is 58.4 Å². The Kier molecular flexibility index (Phi) is 5.08. The SMILES string of the molecule is CNCCN(C)C(=O)[C@H](N)C(C)(C)C. The van der Waals surface area contributed by atoms with Crippen molar-refractivity contribution in [2.24, 2.45) is 11.1 Å². The summed E-state index contributed by atoms with van der Waals surface area (Å²) in [5.74, 6) is 0.00718. The van der Waals surface area contributed by atoms with Gasteiger partial charge in [-0.25, -0.2) is 0 Å². The van der Waals surface area contributed by atoms with Gasteiger partial charge in [0, 0.05) is 20.1 Å². The molecule has 3 N–H and O–H groups in total. The summed E-state index contributed by atoms with van der Waals surface area (Å²) in [7, 11) is 3.65. The molecule has 84 valence electrons. The minimum Gasteiger partial charge on any atom is -0.343 e. The minimum atomic E-state index is -0.427. The Morgan fingerprint density at radius 2 is 2.00 bits per heavy atom. The highest BCUT2D eigenvalue weighted by molar-refractivity contribution is 5.82. The van der Waals surface area contributed by atoms with E-state index >= 15 is 0 Å². The Balaban J connectivity index is 4.18. The van der Waals surface area contributed by atoms with Crippen molar-refractivity contribution in [2.45, 2.75) is 26.8 Å². The van der Waals surface area contributed by atoms with E-state index in [0.717, 1.165) is 6.54 Å². The molecule has 0 rings (SSSR count). The van der Waals surface area contributed by atoms with Gasteiger partial charge in [0.1, 0.15) is 0 Å². The third kappa shape index (κ3) is 4.07. The standard InChI is InChI=1S/C10H23N3O/c1-10(2,3)8(11)9(14)13(5)7-6-12-4/h8,12H,6-7,11H2,1-5H3/t8-/m0/s1. The van der Waals surface area contributed by atoms with Gasteiger partial charge in [0.15, 0.2) is 0 Å². The molecule has 14 heavy (non-hydrogen) atoms. The zero-order valence-electron chi connectivity index (χ0n) is 9.92. The van der Waals surface area contributed by atoms with E-state index in [1.807, 2.05) is 27.8 Å². The summed E-state index contributed by atoms with van der Waals surface area (Å²) in [5, 5.41) is 3.00. The molecule has 0 bridgehead atoms. The molecule has 0 aliphatic carbocycles. The van der Waals surface area contributed by atoms with E-state index < -0.39 is 6.04 Å². The molecule has 1 amide bonds. The number of nitrogens with two attached hydrogens (primary N) is 1. The van der Waals surface area contributed by atoms with Crippen molar-refractivity contribution in [1.82, 2.24) is 10.2 Å². The van der Waals surface area contributed by atoms with Crippen LogP contribution in [0.2, 0.25) is 0 Å². The van der Waals surface area contributed by atoms with Crippen LogP contribution in [0.25, 0.3) is 0 Å². The highest BCUT2D eigenvalue weighted by Crippen LogP contribution is 2.18. The zero-order chi connectivity index (χ0) is 11.4. The zero-order valence-corrected chi connectivity index (χ0v) is 9.92. The summed E-state index contributed by atoms with van der Waals surface area (Å²) in [5.41, 5.74) is 5.68. The number of carbonyl (C=O) groups is 1. The first-order valence-electron chi connectivity index (χ1n) is 4.96. The maximum Gasteiger partial charge on any atom is 0.239 e. The molecule has 1 atom stereocenters. The largest absolute Gasteiger partial charge is 0.343 e. The molecule has 0 radical (unpaired) electrons. The third-order valence-corrected chi connectivity index (χ3v) is 2.27. The smallest absolute Gasteiger partial charge is 0.239 e. The van der Waals surface area contributed by atoms with E-state index in [9.17, 15) is 4.79 Å². The van der Waals surface area contributed by atoms with Crippen molar-refractivity contribution in [3.63, 3.8) is 0 Å². The molecule has 4 nitrogen and oxygen atoms in total. The van der Waals surface area contributed by atoms with Gasteiger partial charge in [0.2, 0.25) is 5.91 Å². The molecule has 0 aromatic carbocycles. The van der Waals surface area contributed by atoms with E-state index in [1.165, 1.54) is 0 Å². The van der Waals surface area contributed by atoms with Gasteiger partial charge in [-0.05, 0) is 12.5 Å². The number of amides is 1. The van der Waals surface area contributed by atoms with Crippen molar-refractivity contribution in [1.29, 1.82) is 0 Å². The van der Waals surface area contributed by atoms with Crippen LogP contribution in [0, 0.1) is 5.41 Å². The van der Waals surface area contributed by atoms with Crippen LogP contribution in [0.3, 0.4) is 0 Å². The van der Waals surface area contributed by atoms with Gasteiger partial charge >= 0.3 is 0 Å². The molecule has 0 heterocycles. The third-order valence-electron chi connectivity index (χ3n) is 2.27. The Hall–Kier alpha value is -0.610.